The zero-order valence-corrected chi connectivity index (χ0v) is 11.2. The van der Waals surface area contributed by atoms with E-state index in [0.717, 1.165) is 26.3 Å². The van der Waals surface area contributed by atoms with Crippen LogP contribution in [0.25, 0.3) is 0 Å². The molecule has 1 aliphatic rings. The van der Waals surface area contributed by atoms with Crippen molar-refractivity contribution in [1.29, 1.82) is 0 Å². The van der Waals surface area contributed by atoms with E-state index in [9.17, 15) is 0 Å². The van der Waals surface area contributed by atoms with Gasteiger partial charge in [0.1, 0.15) is 0 Å². The summed E-state index contributed by atoms with van der Waals surface area (Å²) in [6.07, 6.45) is 8.82. The van der Waals surface area contributed by atoms with Crippen molar-refractivity contribution in [2.24, 2.45) is 5.73 Å². The van der Waals surface area contributed by atoms with Gasteiger partial charge in [-0.1, -0.05) is 11.6 Å². The maximum absolute atomic E-state index is 5.51. The monoisotopic (exact) mass is 236 g/mol. The molecule has 2 N–H and O–H groups in total. The van der Waals surface area contributed by atoms with Gasteiger partial charge in [0.25, 0.3) is 0 Å². The van der Waals surface area contributed by atoms with E-state index in [4.69, 9.17) is 10.5 Å². The number of rotatable bonds is 3. The fraction of sp³-hybridized carbons (Fsp3) is 0.571. The third kappa shape index (κ3) is 7.62. The van der Waals surface area contributed by atoms with Gasteiger partial charge >= 0.3 is 0 Å². The van der Waals surface area contributed by atoms with Crippen LogP contribution in [-0.4, -0.2) is 37.7 Å². The number of terminal acetylenes is 1. The molecule has 3 heteroatoms. The maximum Gasteiger partial charge on any atom is 0.0642 e. The highest BCUT2D eigenvalue weighted by molar-refractivity contribution is 5.15. The number of allylic oxidation sites excluding steroid dienone is 3. The van der Waals surface area contributed by atoms with Gasteiger partial charge in [0.2, 0.25) is 0 Å². The van der Waals surface area contributed by atoms with Crippen molar-refractivity contribution in [3.8, 4) is 12.3 Å². The summed E-state index contributed by atoms with van der Waals surface area (Å²) >= 11 is 0. The molecule has 96 valence electrons. The lowest BCUT2D eigenvalue weighted by Crippen LogP contribution is -2.34. The Morgan fingerprint density at radius 2 is 1.88 bits per heavy atom. The molecular formula is C14H24N2O. The molecule has 0 bridgehead atoms. The Labute approximate surface area is 105 Å². The molecule has 0 spiro atoms. The molecule has 0 saturated carbocycles. The van der Waals surface area contributed by atoms with Crippen molar-refractivity contribution < 1.29 is 4.74 Å². The third-order valence-electron chi connectivity index (χ3n) is 2.44. The van der Waals surface area contributed by atoms with Crippen molar-refractivity contribution in [3.05, 3.63) is 23.4 Å². The van der Waals surface area contributed by atoms with Crippen LogP contribution in [0.2, 0.25) is 0 Å². The van der Waals surface area contributed by atoms with E-state index in [0.29, 0.717) is 6.54 Å². The summed E-state index contributed by atoms with van der Waals surface area (Å²) in [5, 5.41) is 0. The van der Waals surface area contributed by atoms with Gasteiger partial charge in [0.05, 0.1) is 13.2 Å². The fourth-order valence-electron chi connectivity index (χ4n) is 1.35. The van der Waals surface area contributed by atoms with Crippen LogP contribution in [0, 0.1) is 12.3 Å². The quantitative estimate of drug-likeness (QED) is 0.599. The Morgan fingerprint density at radius 1 is 1.35 bits per heavy atom. The van der Waals surface area contributed by atoms with Gasteiger partial charge in [0.15, 0.2) is 0 Å². The topological polar surface area (TPSA) is 38.5 Å². The van der Waals surface area contributed by atoms with Crippen LogP contribution in [0.4, 0.5) is 0 Å². The second kappa shape index (κ2) is 9.95. The lowest BCUT2D eigenvalue weighted by molar-refractivity contribution is 0.0537. The highest BCUT2D eigenvalue weighted by atomic mass is 16.5. The van der Waals surface area contributed by atoms with Gasteiger partial charge in [-0.05, 0) is 26.8 Å². The van der Waals surface area contributed by atoms with Crippen LogP contribution in [0.1, 0.15) is 20.8 Å². The lowest BCUT2D eigenvalue weighted by atomic mass is 10.2. The summed E-state index contributed by atoms with van der Waals surface area (Å²) < 4.78 is 5.29. The molecule has 0 radical (unpaired) electrons. The highest BCUT2D eigenvalue weighted by Crippen LogP contribution is 2.07. The fourth-order valence-corrected chi connectivity index (χ4v) is 1.35. The van der Waals surface area contributed by atoms with Crippen LogP contribution in [0.3, 0.4) is 0 Å². The molecule has 0 atom stereocenters. The van der Waals surface area contributed by atoms with E-state index >= 15 is 0 Å². The molecule has 0 aliphatic carbocycles. The first kappa shape index (κ1) is 15.8. The molecule has 0 aromatic carbocycles. The van der Waals surface area contributed by atoms with Crippen LogP contribution < -0.4 is 5.73 Å². The number of morpholine rings is 1. The Hall–Kier alpha value is -1.24. The highest BCUT2D eigenvalue weighted by Gasteiger charge is 2.09. The first-order chi connectivity index (χ1) is 8.15. The predicted octanol–water partition coefficient (Wildman–Crippen LogP) is 1.77. The first-order valence-electron chi connectivity index (χ1n) is 5.89. The van der Waals surface area contributed by atoms with Gasteiger partial charge in [-0.2, -0.15) is 0 Å². The molecule has 17 heavy (non-hydrogen) atoms. The smallest absolute Gasteiger partial charge is 0.0642 e. The van der Waals surface area contributed by atoms with Crippen LogP contribution in [0.5, 0.6) is 0 Å². The second-order valence-corrected chi connectivity index (χ2v) is 3.91. The number of nitrogens with two attached hydrogens (primary N) is 1. The minimum absolute atomic E-state index is 0.632. The number of ether oxygens (including phenoxy) is 1. The number of nitrogens with zero attached hydrogens (tertiary/aromatic N) is 1. The van der Waals surface area contributed by atoms with E-state index in [-0.39, 0.29) is 0 Å². The predicted molar refractivity (Wildman–Crippen MR) is 73.5 cm³/mol. The molecule has 0 amide bonds. The van der Waals surface area contributed by atoms with E-state index in [1.54, 1.807) is 6.92 Å². The summed E-state index contributed by atoms with van der Waals surface area (Å²) in [4.78, 5) is 2.34. The van der Waals surface area contributed by atoms with Gasteiger partial charge in [-0.25, -0.2) is 0 Å². The van der Waals surface area contributed by atoms with E-state index in [1.165, 1.54) is 11.3 Å². The molecule has 1 heterocycles. The number of hydrogen-bond acceptors (Lipinski definition) is 3. The Morgan fingerprint density at radius 3 is 2.35 bits per heavy atom. The standard InChI is InChI=1S/C11H20N2O.C3H4/c1-10(9-12)3-4-11(2)13-5-7-14-8-6-13;1-3-2/h3-4H,5-9,12H2,1-2H3;1H,2H3/b10-3+,11-4+;. The van der Waals surface area contributed by atoms with Crippen molar-refractivity contribution in [1.82, 2.24) is 4.90 Å². The molecule has 0 aromatic rings. The van der Waals surface area contributed by atoms with Crippen LogP contribution in [-0.2, 0) is 4.74 Å². The summed E-state index contributed by atoms with van der Waals surface area (Å²) in [6.45, 7) is 10.1. The molecule has 3 nitrogen and oxygen atoms in total. The largest absolute Gasteiger partial charge is 0.378 e. The molecule has 1 saturated heterocycles. The molecule has 1 rings (SSSR count). The Balaban J connectivity index is 0.000000770. The average Bonchev–Trinajstić information content (AvgIpc) is 2.37. The normalized spacial score (nSPS) is 17.0. The SMILES string of the molecule is C#CC.C/C(=C\C=C(/C)N1CCOCC1)CN. The minimum atomic E-state index is 0.632. The van der Waals surface area contributed by atoms with E-state index in [1.807, 2.05) is 6.92 Å². The molecule has 1 aliphatic heterocycles. The molecule has 0 unspecified atom stereocenters. The third-order valence-corrected chi connectivity index (χ3v) is 2.44. The molecular weight excluding hydrogens is 212 g/mol. The lowest BCUT2D eigenvalue weighted by Gasteiger charge is -2.29. The average molecular weight is 236 g/mol. The zero-order chi connectivity index (χ0) is 13.1. The van der Waals surface area contributed by atoms with Crippen molar-refractivity contribution in [2.75, 3.05) is 32.8 Å². The van der Waals surface area contributed by atoms with Gasteiger partial charge in [-0.3, -0.25) is 0 Å². The van der Waals surface area contributed by atoms with Crippen molar-refractivity contribution in [3.63, 3.8) is 0 Å². The Bertz CT molecular complexity index is 294. The first-order valence-corrected chi connectivity index (χ1v) is 5.89. The molecule has 0 aromatic heterocycles. The number of hydrogen-bond donors (Lipinski definition) is 1. The second-order valence-electron chi connectivity index (χ2n) is 3.91. The Kier molecular flexibility index (Phi) is 9.22. The van der Waals surface area contributed by atoms with Crippen LogP contribution in [0.15, 0.2) is 23.4 Å². The zero-order valence-electron chi connectivity index (χ0n) is 11.2. The molecule has 1 fully saturated rings. The summed E-state index contributed by atoms with van der Waals surface area (Å²) in [6, 6.07) is 0. The maximum atomic E-state index is 5.51. The summed E-state index contributed by atoms with van der Waals surface area (Å²) in [7, 11) is 0. The van der Waals surface area contributed by atoms with Crippen molar-refractivity contribution >= 4 is 0 Å². The van der Waals surface area contributed by atoms with Crippen LogP contribution >= 0.6 is 0 Å². The van der Waals surface area contributed by atoms with Crippen molar-refractivity contribution in [2.45, 2.75) is 20.8 Å². The van der Waals surface area contributed by atoms with Gasteiger partial charge in [-0.15, -0.1) is 12.3 Å². The summed E-state index contributed by atoms with van der Waals surface area (Å²) in [5.41, 5.74) is 8.00. The minimum Gasteiger partial charge on any atom is -0.378 e. The van der Waals surface area contributed by atoms with E-state index in [2.05, 4.69) is 36.3 Å². The van der Waals surface area contributed by atoms with Gasteiger partial charge in [0, 0.05) is 25.3 Å². The summed E-state index contributed by atoms with van der Waals surface area (Å²) in [5.74, 6) is 2.25. The van der Waals surface area contributed by atoms with Gasteiger partial charge < -0.3 is 15.4 Å². The van der Waals surface area contributed by atoms with E-state index < -0.39 is 0 Å².